The van der Waals surface area contributed by atoms with Gasteiger partial charge in [-0.1, -0.05) is 23.7 Å². The molecule has 0 aromatic heterocycles. The maximum Gasteiger partial charge on any atom is 0.338 e. The number of hydrogen-bond acceptors (Lipinski definition) is 6. The van der Waals surface area contributed by atoms with Crippen molar-refractivity contribution in [1.29, 1.82) is 5.26 Å². The van der Waals surface area contributed by atoms with Crippen molar-refractivity contribution in [3.8, 4) is 6.19 Å². The Morgan fingerprint density at radius 3 is 2.77 bits per heavy atom. The van der Waals surface area contributed by atoms with E-state index in [9.17, 15) is 4.79 Å². The number of benzene rings is 1. The summed E-state index contributed by atoms with van der Waals surface area (Å²) >= 11 is 5.90. The van der Waals surface area contributed by atoms with Crippen LogP contribution < -0.4 is 10.6 Å². The summed E-state index contributed by atoms with van der Waals surface area (Å²) in [6, 6.07) is 6.47. The summed E-state index contributed by atoms with van der Waals surface area (Å²) in [5.74, 6) is -0.153. The van der Waals surface area contributed by atoms with Crippen molar-refractivity contribution in [2.75, 3.05) is 6.61 Å². The van der Waals surface area contributed by atoms with Gasteiger partial charge in [0.2, 0.25) is 5.96 Å². The molecule has 2 N–H and O–H groups in total. The van der Waals surface area contributed by atoms with Crippen molar-refractivity contribution in [1.82, 2.24) is 10.6 Å². The van der Waals surface area contributed by atoms with Crippen molar-refractivity contribution < 1.29 is 9.53 Å². The summed E-state index contributed by atoms with van der Waals surface area (Å²) in [5.41, 5.74) is 1.78. The van der Waals surface area contributed by atoms with Crippen LogP contribution in [0.15, 0.2) is 40.5 Å². The molecule has 0 saturated heterocycles. The fraction of sp³-hybridized carbons (Fsp3) is 0.267. The minimum absolute atomic E-state index is 0.274. The van der Waals surface area contributed by atoms with E-state index < -0.39 is 12.0 Å². The maximum absolute atomic E-state index is 12.2. The molecule has 0 bridgehead atoms. The van der Waals surface area contributed by atoms with Crippen LogP contribution in [0.1, 0.15) is 25.5 Å². The molecule has 0 amide bonds. The van der Waals surface area contributed by atoms with Gasteiger partial charge in [0.25, 0.3) is 0 Å². The summed E-state index contributed by atoms with van der Waals surface area (Å²) in [6.07, 6.45) is 1.81. The second-order valence-electron chi connectivity index (χ2n) is 4.55. The van der Waals surface area contributed by atoms with E-state index in [1.807, 2.05) is 0 Å². The molecule has 0 unspecified atom stereocenters. The zero-order chi connectivity index (χ0) is 16.1. The minimum atomic E-state index is -0.562. The Balaban J connectivity index is 2.45. The van der Waals surface area contributed by atoms with Crippen LogP contribution in [0.3, 0.4) is 0 Å². The van der Waals surface area contributed by atoms with E-state index in [-0.39, 0.29) is 12.6 Å². The van der Waals surface area contributed by atoms with Crippen LogP contribution in [0.4, 0.5) is 0 Å². The molecule has 7 heteroatoms. The summed E-state index contributed by atoms with van der Waals surface area (Å²) in [7, 11) is 0. The fourth-order valence-corrected chi connectivity index (χ4v) is 2.28. The molecule has 1 aliphatic heterocycles. The second-order valence-corrected chi connectivity index (χ2v) is 4.99. The van der Waals surface area contributed by atoms with E-state index >= 15 is 0 Å². The number of guanidine groups is 1. The number of ether oxygens (including phenoxy) is 1. The van der Waals surface area contributed by atoms with Gasteiger partial charge in [-0.15, -0.1) is 0 Å². The Hall–Kier alpha value is -2.52. The van der Waals surface area contributed by atoms with Gasteiger partial charge in [0.05, 0.1) is 12.2 Å². The number of nitriles is 1. The topological polar surface area (TPSA) is 86.5 Å². The number of esters is 1. The highest BCUT2D eigenvalue weighted by Gasteiger charge is 2.30. The molecule has 0 fully saturated rings. The first-order chi connectivity index (χ1) is 10.6. The molecule has 1 atom stereocenters. The van der Waals surface area contributed by atoms with Crippen LogP contribution >= 0.6 is 11.6 Å². The Morgan fingerprint density at radius 1 is 1.50 bits per heavy atom. The van der Waals surface area contributed by atoms with Crippen LogP contribution in [0.25, 0.3) is 0 Å². The minimum Gasteiger partial charge on any atom is -0.463 e. The Kier molecular flexibility index (Phi) is 5.02. The number of hydrogen-bond donors (Lipinski definition) is 2. The van der Waals surface area contributed by atoms with Gasteiger partial charge in [-0.2, -0.15) is 5.26 Å². The summed E-state index contributed by atoms with van der Waals surface area (Å²) in [5, 5.41) is 14.7. The number of carbonyl (C=O) groups is 1. The predicted molar refractivity (Wildman–Crippen MR) is 82.8 cm³/mol. The molecule has 6 nitrogen and oxygen atoms in total. The molecule has 0 radical (unpaired) electrons. The molecule has 22 heavy (non-hydrogen) atoms. The Bertz CT molecular complexity index is 674. The van der Waals surface area contributed by atoms with Gasteiger partial charge in [-0.25, -0.2) is 9.79 Å². The van der Waals surface area contributed by atoms with Gasteiger partial charge in [-0.3, -0.25) is 5.32 Å². The molecule has 1 aliphatic rings. The molecular formula is C15H15ClN4O2. The van der Waals surface area contributed by atoms with E-state index in [1.54, 1.807) is 44.3 Å². The average Bonchev–Trinajstić information content (AvgIpc) is 2.48. The van der Waals surface area contributed by atoms with E-state index in [0.29, 0.717) is 16.3 Å². The van der Waals surface area contributed by atoms with Crippen molar-refractivity contribution in [2.45, 2.75) is 19.9 Å². The number of nitrogens with zero attached hydrogens (tertiary/aromatic N) is 2. The van der Waals surface area contributed by atoms with Crippen molar-refractivity contribution in [2.24, 2.45) is 4.99 Å². The van der Waals surface area contributed by atoms with Crippen molar-refractivity contribution in [3.05, 3.63) is 46.1 Å². The lowest BCUT2D eigenvalue weighted by Crippen LogP contribution is -2.39. The second kappa shape index (κ2) is 6.96. The molecule has 0 spiro atoms. The summed E-state index contributed by atoms with van der Waals surface area (Å²) in [4.78, 5) is 16.6. The van der Waals surface area contributed by atoms with Crippen LogP contribution in [0.2, 0.25) is 5.02 Å². The first kappa shape index (κ1) is 15.9. The van der Waals surface area contributed by atoms with Gasteiger partial charge in [0.15, 0.2) is 6.19 Å². The van der Waals surface area contributed by atoms with Crippen LogP contribution in [-0.2, 0) is 9.53 Å². The van der Waals surface area contributed by atoms with E-state index in [0.717, 1.165) is 5.56 Å². The summed E-state index contributed by atoms with van der Waals surface area (Å²) in [6.45, 7) is 3.76. The molecule has 1 aromatic rings. The zero-order valence-corrected chi connectivity index (χ0v) is 12.9. The third-order valence-electron chi connectivity index (χ3n) is 3.10. The predicted octanol–water partition coefficient (Wildman–Crippen LogP) is 2.25. The van der Waals surface area contributed by atoms with Crippen molar-refractivity contribution in [3.63, 3.8) is 0 Å². The Labute approximate surface area is 133 Å². The molecule has 0 saturated carbocycles. The number of halogens is 1. The van der Waals surface area contributed by atoms with E-state index in [4.69, 9.17) is 21.6 Å². The number of allylic oxidation sites excluding steroid dienone is 1. The highest BCUT2D eigenvalue weighted by molar-refractivity contribution is 6.30. The zero-order valence-electron chi connectivity index (χ0n) is 12.2. The number of aliphatic imine (C=N–C) groups is 1. The smallest absolute Gasteiger partial charge is 0.338 e. The third-order valence-corrected chi connectivity index (χ3v) is 3.35. The SMILES string of the molecule is CCOC(=O)C1=C(C)NC(NC#N)=N[C@H]1c1ccc(Cl)cc1. The molecule has 1 heterocycles. The highest BCUT2D eigenvalue weighted by Crippen LogP contribution is 2.31. The van der Waals surface area contributed by atoms with Gasteiger partial charge in [-0.05, 0) is 31.5 Å². The van der Waals surface area contributed by atoms with Gasteiger partial charge < -0.3 is 10.1 Å². The van der Waals surface area contributed by atoms with Crippen LogP contribution in [0, 0.1) is 11.5 Å². The lowest BCUT2D eigenvalue weighted by atomic mass is 9.96. The van der Waals surface area contributed by atoms with Crippen LogP contribution in [0.5, 0.6) is 0 Å². The number of rotatable bonds is 3. The normalized spacial score (nSPS) is 17.2. The first-order valence-corrected chi connectivity index (χ1v) is 7.08. The maximum atomic E-state index is 12.2. The Morgan fingerprint density at radius 2 is 2.18 bits per heavy atom. The van der Waals surface area contributed by atoms with Crippen LogP contribution in [-0.4, -0.2) is 18.5 Å². The van der Waals surface area contributed by atoms with Gasteiger partial charge in [0, 0.05) is 10.7 Å². The monoisotopic (exact) mass is 318 g/mol. The van der Waals surface area contributed by atoms with Crippen molar-refractivity contribution >= 4 is 23.5 Å². The lowest BCUT2D eigenvalue weighted by Gasteiger charge is -2.25. The molecule has 1 aromatic carbocycles. The number of nitrogens with one attached hydrogen (secondary N) is 2. The largest absolute Gasteiger partial charge is 0.463 e. The fourth-order valence-electron chi connectivity index (χ4n) is 2.15. The standard InChI is InChI=1S/C15H15ClN4O2/c1-3-22-14(21)12-9(2)19-15(18-8-17)20-13(12)10-4-6-11(16)7-5-10/h4-7,13H,3H2,1-2H3,(H2,18,19,20)/t13-/m0/s1. The summed E-state index contributed by atoms with van der Waals surface area (Å²) < 4.78 is 5.10. The van der Waals surface area contributed by atoms with Gasteiger partial charge in [0.1, 0.15) is 6.04 Å². The number of carbonyl (C=O) groups excluding carboxylic acids is 1. The lowest BCUT2D eigenvalue weighted by molar-refractivity contribution is -0.138. The third kappa shape index (κ3) is 3.38. The van der Waals surface area contributed by atoms with E-state index in [1.165, 1.54) is 0 Å². The molecule has 114 valence electrons. The quantitative estimate of drug-likeness (QED) is 0.507. The molecular weight excluding hydrogens is 304 g/mol. The average molecular weight is 319 g/mol. The highest BCUT2D eigenvalue weighted by atomic mass is 35.5. The molecule has 0 aliphatic carbocycles. The first-order valence-electron chi connectivity index (χ1n) is 6.70. The van der Waals surface area contributed by atoms with Gasteiger partial charge >= 0.3 is 5.97 Å². The van der Waals surface area contributed by atoms with E-state index in [2.05, 4.69) is 15.6 Å². The molecule has 2 rings (SSSR count).